The maximum Gasteiger partial charge on any atom is 0.243 e. The highest BCUT2D eigenvalue weighted by molar-refractivity contribution is 5.45. The number of aromatic nitrogens is 3. The van der Waals surface area contributed by atoms with Crippen LogP contribution in [0.1, 0.15) is 24.8 Å². The number of hydrogen-bond donors (Lipinski definition) is 1. The molecule has 2 aliphatic rings. The smallest absolute Gasteiger partial charge is 0.243 e. The van der Waals surface area contributed by atoms with Crippen LogP contribution >= 0.6 is 0 Å². The van der Waals surface area contributed by atoms with Gasteiger partial charge in [-0.15, -0.1) is 5.10 Å². The summed E-state index contributed by atoms with van der Waals surface area (Å²) in [6.07, 6.45) is 5.82. The van der Waals surface area contributed by atoms with Crippen LogP contribution in [0, 0.1) is 6.92 Å². The van der Waals surface area contributed by atoms with Crippen molar-refractivity contribution < 1.29 is 0 Å². The normalized spacial score (nSPS) is 27.0. The van der Waals surface area contributed by atoms with Gasteiger partial charge in [-0.2, -0.15) is 4.98 Å². The van der Waals surface area contributed by atoms with Gasteiger partial charge in [0, 0.05) is 24.8 Å². The van der Waals surface area contributed by atoms with Crippen LogP contribution < -0.4 is 5.32 Å². The summed E-state index contributed by atoms with van der Waals surface area (Å²) in [5.41, 5.74) is 2.14. The van der Waals surface area contributed by atoms with Crippen molar-refractivity contribution in [1.29, 1.82) is 0 Å². The highest BCUT2D eigenvalue weighted by Gasteiger charge is 2.37. The molecule has 0 amide bonds. The molecule has 0 aliphatic carbocycles. The molecule has 4 rings (SSSR count). The van der Waals surface area contributed by atoms with Crippen molar-refractivity contribution in [2.75, 3.05) is 18.4 Å². The molecular formula is C14H19N5. The Morgan fingerprint density at radius 1 is 1.32 bits per heavy atom. The van der Waals surface area contributed by atoms with Crippen LogP contribution in [0.25, 0.3) is 5.65 Å². The highest BCUT2D eigenvalue weighted by Crippen LogP contribution is 2.29. The van der Waals surface area contributed by atoms with Crippen LogP contribution in [0.15, 0.2) is 18.3 Å². The van der Waals surface area contributed by atoms with Gasteiger partial charge in [0.2, 0.25) is 5.95 Å². The second-order valence-electron chi connectivity index (χ2n) is 5.73. The van der Waals surface area contributed by atoms with Gasteiger partial charge < -0.3 is 5.32 Å². The van der Waals surface area contributed by atoms with Gasteiger partial charge in [-0.1, -0.05) is 0 Å². The minimum Gasteiger partial charge on any atom is -0.349 e. The first-order chi connectivity index (χ1) is 9.29. The Balaban J connectivity index is 1.58. The standard InChI is InChI=1S/C14H19N5/c1-10-4-8-19-13(9-10)16-14(17-19)15-11-5-7-18-6-2-3-12(11)18/h4,8-9,11-12H,2-3,5-7H2,1H3,(H,15,17). The van der Waals surface area contributed by atoms with Gasteiger partial charge in [-0.25, -0.2) is 4.52 Å². The lowest BCUT2D eigenvalue weighted by Crippen LogP contribution is -2.34. The molecule has 5 heteroatoms. The van der Waals surface area contributed by atoms with E-state index in [0.717, 1.165) is 11.6 Å². The van der Waals surface area contributed by atoms with Crippen molar-refractivity contribution in [2.24, 2.45) is 0 Å². The maximum absolute atomic E-state index is 4.57. The number of aryl methyl sites for hydroxylation is 1. The molecule has 2 aliphatic heterocycles. The number of hydrogen-bond acceptors (Lipinski definition) is 4. The van der Waals surface area contributed by atoms with Gasteiger partial charge in [-0.3, -0.25) is 4.90 Å². The van der Waals surface area contributed by atoms with Gasteiger partial charge in [0.1, 0.15) is 0 Å². The fourth-order valence-electron chi connectivity index (χ4n) is 3.46. The molecule has 100 valence electrons. The number of fused-ring (bicyclic) bond motifs is 2. The molecule has 2 fully saturated rings. The molecule has 0 aromatic carbocycles. The predicted molar refractivity (Wildman–Crippen MR) is 74.3 cm³/mol. The van der Waals surface area contributed by atoms with E-state index in [1.54, 1.807) is 0 Å². The molecule has 2 atom stereocenters. The van der Waals surface area contributed by atoms with Crippen LogP contribution in [-0.4, -0.2) is 44.7 Å². The fraction of sp³-hybridized carbons (Fsp3) is 0.571. The van der Waals surface area contributed by atoms with Gasteiger partial charge >= 0.3 is 0 Å². The van der Waals surface area contributed by atoms with E-state index < -0.39 is 0 Å². The summed E-state index contributed by atoms with van der Waals surface area (Å²) < 4.78 is 1.84. The Morgan fingerprint density at radius 3 is 3.21 bits per heavy atom. The summed E-state index contributed by atoms with van der Waals surface area (Å²) in [7, 11) is 0. The highest BCUT2D eigenvalue weighted by atomic mass is 15.4. The molecular weight excluding hydrogens is 238 g/mol. The zero-order chi connectivity index (χ0) is 12.8. The number of nitrogens with zero attached hydrogens (tertiary/aromatic N) is 4. The van der Waals surface area contributed by atoms with E-state index in [2.05, 4.69) is 39.4 Å². The minimum absolute atomic E-state index is 0.515. The Bertz CT molecular complexity index is 605. The monoisotopic (exact) mass is 257 g/mol. The summed E-state index contributed by atoms with van der Waals surface area (Å²) in [6, 6.07) is 5.32. The molecule has 0 spiro atoms. The van der Waals surface area contributed by atoms with E-state index in [4.69, 9.17) is 0 Å². The number of nitrogens with one attached hydrogen (secondary N) is 1. The van der Waals surface area contributed by atoms with Gasteiger partial charge in [-0.05, 0) is 50.4 Å². The average molecular weight is 257 g/mol. The van der Waals surface area contributed by atoms with Crippen LogP contribution in [0.2, 0.25) is 0 Å². The summed E-state index contributed by atoms with van der Waals surface area (Å²) in [5.74, 6) is 0.768. The molecule has 1 N–H and O–H groups in total. The first-order valence-corrected chi connectivity index (χ1v) is 7.13. The summed E-state index contributed by atoms with van der Waals surface area (Å²) in [5, 5.41) is 8.04. The number of pyridine rings is 1. The van der Waals surface area contributed by atoms with Crippen LogP contribution in [0.3, 0.4) is 0 Å². The third-order valence-corrected chi connectivity index (χ3v) is 4.41. The average Bonchev–Trinajstić information content (AvgIpc) is 3.05. The second-order valence-corrected chi connectivity index (χ2v) is 5.73. The molecule has 0 radical (unpaired) electrons. The lowest BCUT2D eigenvalue weighted by atomic mass is 10.1. The van der Waals surface area contributed by atoms with E-state index >= 15 is 0 Å². The van der Waals surface area contributed by atoms with Crippen molar-refractivity contribution >= 4 is 11.6 Å². The van der Waals surface area contributed by atoms with Crippen LogP contribution in [-0.2, 0) is 0 Å². The van der Waals surface area contributed by atoms with Crippen molar-refractivity contribution in [3.8, 4) is 0 Å². The Labute approximate surface area is 112 Å². The lowest BCUT2D eigenvalue weighted by molar-refractivity contribution is 0.318. The maximum atomic E-state index is 4.57. The minimum atomic E-state index is 0.515. The third kappa shape index (κ3) is 1.89. The molecule has 2 unspecified atom stereocenters. The van der Waals surface area contributed by atoms with Crippen molar-refractivity contribution in [3.05, 3.63) is 23.9 Å². The fourth-order valence-corrected chi connectivity index (χ4v) is 3.46. The number of anilines is 1. The van der Waals surface area contributed by atoms with E-state index in [1.165, 1.54) is 37.9 Å². The topological polar surface area (TPSA) is 45.5 Å². The van der Waals surface area contributed by atoms with E-state index in [1.807, 2.05) is 10.7 Å². The summed E-state index contributed by atoms with van der Waals surface area (Å²) >= 11 is 0. The van der Waals surface area contributed by atoms with Crippen LogP contribution in [0.5, 0.6) is 0 Å². The number of rotatable bonds is 2. The van der Waals surface area contributed by atoms with Crippen LogP contribution in [0.4, 0.5) is 5.95 Å². The van der Waals surface area contributed by atoms with Gasteiger partial charge in [0.15, 0.2) is 5.65 Å². The molecule has 19 heavy (non-hydrogen) atoms. The first kappa shape index (κ1) is 11.2. The summed E-state index contributed by atoms with van der Waals surface area (Å²) in [4.78, 5) is 7.17. The quantitative estimate of drug-likeness (QED) is 0.889. The van der Waals surface area contributed by atoms with Gasteiger partial charge in [0.05, 0.1) is 0 Å². The van der Waals surface area contributed by atoms with Gasteiger partial charge in [0.25, 0.3) is 0 Å². The predicted octanol–water partition coefficient (Wildman–Crippen LogP) is 1.69. The molecule has 2 aromatic rings. The summed E-state index contributed by atoms with van der Waals surface area (Å²) in [6.45, 7) is 4.56. The first-order valence-electron chi connectivity index (χ1n) is 7.13. The molecule has 2 saturated heterocycles. The molecule has 5 nitrogen and oxygen atoms in total. The van der Waals surface area contributed by atoms with Crippen molar-refractivity contribution in [1.82, 2.24) is 19.5 Å². The molecule has 0 saturated carbocycles. The lowest BCUT2D eigenvalue weighted by Gasteiger charge is -2.20. The molecule has 0 bridgehead atoms. The van der Waals surface area contributed by atoms with E-state index in [9.17, 15) is 0 Å². The van der Waals surface area contributed by atoms with Crippen molar-refractivity contribution in [3.63, 3.8) is 0 Å². The third-order valence-electron chi connectivity index (χ3n) is 4.41. The second kappa shape index (κ2) is 4.20. The van der Waals surface area contributed by atoms with Crippen molar-refractivity contribution in [2.45, 2.75) is 38.3 Å². The Hall–Kier alpha value is -1.62. The largest absolute Gasteiger partial charge is 0.349 e. The zero-order valence-corrected chi connectivity index (χ0v) is 11.2. The Morgan fingerprint density at radius 2 is 2.26 bits per heavy atom. The zero-order valence-electron chi connectivity index (χ0n) is 11.2. The van der Waals surface area contributed by atoms with E-state index in [0.29, 0.717) is 12.1 Å². The molecule has 4 heterocycles. The Kier molecular flexibility index (Phi) is 2.48. The SMILES string of the molecule is Cc1ccn2nc(NC3CCN4CCCC34)nc2c1. The van der Waals surface area contributed by atoms with E-state index in [-0.39, 0.29) is 0 Å². The molecule has 2 aromatic heterocycles.